The van der Waals surface area contributed by atoms with Crippen LogP contribution in [0.4, 0.5) is 39.5 Å². The second kappa shape index (κ2) is 10.2. The number of hydrogen-bond donors (Lipinski definition) is 2. The second-order valence-corrected chi connectivity index (χ2v) is 12.0. The molecule has 0 heterocycles. The maximum absolute atomic E-state index is 13.7. The third kappa shape index (κ3) is 6.17. The molecule has 1 unspecified atom stereocenters. The van der Waals surface area contributed by atoms with Crippen molar-refractivity contribution in [2.24, 2.45) is 0 Å². The van der Waals surface area contributed by atoms with E-state index in [1.165, 1.54) is 39.0 Å². The molecule has 13 heteroatoms. The molecule has 1 rings (SSSR count). The van der Waals surface area contributed by atoms with Crippen molar-refractivity contribution < 1.29 is 59.2 Å². The van der Waals surface area contributed by atoms with Crippen molar-refractivity contribution in [1.82, 2.24) is 0 Å². The van der Waals surface area contributed by atoms with Crippen molar-refractivity contribution in [3.05, 3.63) is 41.5 Å². The Morgan fingerprint density at radius 3 is 1.40 bits per heavy atom. The van der Waals surface area contributed by atoms with Crippen molar-refractivity contribution in [2.45, 2.75) is 121 Å². The Kier molecular flexibility index (Phi) is 9.20. The van der Waals surface area contributed by atoms with Gasteiger partial charge < -0.3 is 19.7 Å². The van der Waals surface area contributed by atoms with Gasteiger partial charge in [0.2, 0.25) is 0 Å². The molecule has 1 aromatic carbocycles. The summed E-state index contributed by atoms with van der Waals surface area (Å²) in [6.07, 6.45) is -17.5. The van der Waals surface area contributed by atoms with Gasteiger partial charge >= 0.3 is 18.5 Å². The molecule has 40 heavy (non-hydrogen) atoms. The number of hydrogen-bond acceptors (Lipinski definition) is 4. The first-order valence-electron chi connectivity index (χ1n) is 12.1. The number of benzene rings is 1. The van der Waals surface area contributed by atoms with Gasteiger partial charge in [0.1, 0.15) is 11.2 Å². The molecule has 0 spiro atoms. The third-order valence-electron chi connectivity index (χ3n) is 7.21. The number of alkyl halides is 9. The zero-order valence-electron chi connectivity index (χ0n) is 24.1. The highest BCUT2D eigenvalue weighted by Gasteiger charge is 2.78. The molecule has 0 saturated carbocycles. The van der Waals surface area contributed by atoms with Crippen LogP contribution in [0.5, 0.6) is 0 Å². The van der Waals surface area contributed by atoms with E-state index in [1.54, 1.807) is 0 Å². The van der Waals surface area contributed by atoms with Gasteiger partial charge in [-0.1, -0.05) is 30.4 Å². The lowest BCUT2D eigenvalue weighted by atomic mass is 9.78. The van der Waals surface area contributed by atoms with E-state index in [0.717, 1.165) is 27.7 Å². The fourth-order valence-electron chi connectivity index (χ4n) is 4.80. The van der Waals surface area contributed by atoms with Crippen molar-refractivity contribution >= 4 is 5.57 Å². The highest BCUT2D eigenvalue weighted by Crippen LogP contribution is 2.53. The number of allylic oxidation sites excluding steroid dienone is 1. The Morgan fingerprint density at radius 1 is 0.650 bits per heavy atom. The normalized spacial score (nSPS) is 16.6. The zero-order chi connectivity index (χ0) is 32.3. The fourth-order valence-corrected chi connectivity index (χ4v) is 4.80. The molecule has 0 aliphatic rings. The van der Waals surface area contributed by atoms with Gasteiger partial charge in [-0.25, -0.2) is 0 Å². The van der Waals surface area contributed by atoms with Crippen LogP contribution in [0.3, 0.4) is 0 Å². The molecule has 0 fully saturated rings. The molecule has 0 radical (unpaired) electrons. The molecular weight excluding hydrogens is 559 g/mol. The van der Waals surface area contributed by atoms with Crippen LogP contribution in [0.2, 0.25) is 0 Å². The molecule has 0 aromatic heterocycles. The predicted molar refractivity (Wildman–Crippen MR) is 131 cm³/mol. The fraction of sp³-hybridized carbons (Fsp3) is 0.704. The first kappa shape index (κ1) is 36.2. The Morgan fingerprint density at radius 2 is 1.05 bits per heavy atom. The standard InChI is InChI=1S/C27H37F9O4/c1-15(2)16-13-12-14-17(18(16)20(5,6)40-21(7,8)23(11,37)25(28,29)30)19(3,4)39-22(9,10)24(38,26(31,32)33)27(34,35)36/h12-14,37-38H,1H2,2-11H3. The average Bonchev–Trinajstić information content (AvgIpc) is 2.68. The Hall–Kier alpha value is -1.83. The van der Waals surface area contributed by atoms with Gasteiger partial charge in [-0.2, -0.15) is 39.5 Å². The van der Waals surface area contributed by atoms with E-state index in [0.29, 0.717) is 26.3 Å². The number of rotatable bonds is 9. The summed E-state index contributed by atoms with van der Waals surface area (Å²) in [4.78, 5) is 0. The summed E-state index contributed by atoms with van der Waals surface area (Å²) >= 11 is 0. The minimum Gasteiger partial charge on any atom is -0.378 e. The highest BCUT2D eigenvalue weighted by molar-refractivity contribution is 5.67. The van der Waals surface area contributed by atoms with Crippen molar-refractivity contribution in [3.8, 4) is 0 Å². The van der Waals surface area contributed by atoms with Crippen LogP contribution in [0.1, 0.15) is 85.9 Å². The van der Waals surface area contributed by atoms with Crippen molar-refractivity contribution in [2.75, 3.05) is 0 Å². The van der Waals surface area contributed by atoms with Gasteiger partial charge in [0.15, 0.2) is 5.60 Å². The summed E-state index contributed by atoms with van der Waals surface area (Å²) in [7, 11) is 0. The van der Waals surface area contributed by atoms with Gasteiger partial charge in [-0.15, -0.1) is 0 Å². The van der Waals surface area contributed by atoms with Crippen molar-refractivity contribution in [3.63, 3.8) is 0 Å². The van der Waals surface area contributed by atoms with Crippen LogP contribution in [-0.2, 0) is 20.7 Å². The lowest BCUT2D eigenvalue weighted by molar-refractivity contribution is -0.420. The van der Waals surface area contributed by atoms with E-state index < -0.39 is 52.1 Å². The smallest absolute Gasteiger partial charge is 0.378 e. The van der Waals surface area contributed by atoms with Gasteiger partial charge in [0.05, 0.1) is 11.2 Å². The molecule has 4 nitrogen and oxygen atoms in total. The van der Waals surface area contributed by atoms with Crippen molar-refractivity contribution in [1.29, 1.82) is 0 Å². The summed E-state index contributed by atoms with van der Waals surface area (Å²) < 4.78 is 135. The van der Waals surface area contributed by atoms with Gasteiger partial charge in [0, 0.05) is 0 Å². The lowest BCUT2D eigenvalue weighted by Crippen LogP contribution is -2.70. The molecule has 0 aliphatic carbocycles. The minimum absolute atomic E-state index is 0.0388. The number of ether oxygens (including phenoxy) is 2. The van der Waals surface area contributed by atoms with Crippen LogP contribution in [0.15, 0.2) is 24.8 Å². The van der Waals surface area contributed by atoms with E-state index in [1.807, 2.05) is 0 Å². The first-order valence-corrected chi connectivity index (χ1v) is 12.1. The zero-order valence-corrected chi connectivity index (χ0v) is 24.1. The molecule has 1 aromatic rings. The van der Waals surface area contributed by atoms with Crippen LogP contribution in [-0.4, -0.2) is 51.1 Å². The molecule has 2 N–H and O–H groups in total. The summed E-state index contributed by atoms with van der Waals surface area (Å²) in [5.74, 6) is 0. The highest BCUT2D eigenvalue weighted by atomic mass is 19.4. The van der Waals surface area contributed by atoms with E-state index in [-0.39, 0.29) is 16.7 Å². The summed E-state index contributed by atoms with van der Waals surface area (Å²) in [6, 6.07) is 4.20. The molecule has 0 aliphatic heterocycles. The SMILES string of the molecule is C=C(C)c1cccc(C(C)(C)OC(C)(C)C(O)(C(F)(F)F)C(F)(F)F)c1C(C)(C)OC(C)(C)C(C)(O)C(F)(F)F. The van der Waals surface area contributed by atoms with Gasteiger partial charge in [0.25, 0.3) is 5.60 Å². The molecule has 0 bridgehead atoms. The average molecular weight is 597 g/mol. The molecule has 1 atom stereocenters. The summed E-state index contributed by atoms with van der Waals surface area (Å²) in [6.45, 7) is 13.7. The largest absolute Gasteiger partial charge is 0.429 e. The van der Waals surface area contributed by atoms with E-state index >= 15 is 0 Å². The number of aliphatic hydroxyl groups is 2. The summed E-state index contributed by atoms with van der Waals surface area (Å²) in [5.41, 5.74) is -17.5. The Balaban J connectivity index is 3.93. The maximum atomic E-state index is 13.7. The molecular formula is C27H37F9O4. The van der Waals surface area contributed by atoms with Crippen LogP contribution >= 0.6 is 0 Å². The second-order valence-electron chi connectivity index (χ2n) is 12.0. The maximum Gasteiger partial charge on any atom is 0.429 e. The van der Waals surface area contributed by atoms with Gasteiger partial charge in [-0.3, -0.25) is 0 Å². The topological polar surface area (TPSA) is 58.9 Å². The van der Waals surface area contributed by atoms with Gasteiger partial charge in [-0.05, 0) is 85.9 Å². The van der Waals surface area contributed by atoms with E-state index in [2.05, 4.69) is 6.58 Å². The Bertz CT molecular complexity index is 1080. The monoisotopic (exact) mass is 596 g/mol. The van der Waals surface area contributed by atoms with Crippen LogP contribution < -0.4 is 0 Å². The Labute approximate surface area is 228 Å². The molecule has 232 valence electrons. The van der Waals surface area contributed by atoms with E-state index in [4.69, 9.17) is 9.47 Å². The van der Waals surface area contributed by atoms with Crippen LogP contribution in [0, 0.1) is 0 Å². The third-order valence-corrected chi connectivity index (χ3v) is 7.21. The quantitative estimate of drug-likeness (QED) is 0.284. The molecule has 0 saturated heterocycles. The van der Waals surface area contributed by atoms with E-state index in [9.17, 15) is 49.7 Å². The lowest BCUT2D eigenvalue weighted by Gasteiger charge is -2.49. The first-order chi connectivity index (χ1) is 17.2. The van der Waals surface area contributed by atoms with Crippen LogP contribution in [0.25, 0.3) is 5.57 Å². The number of halogens is 9. The summed E-state index contributed by atoms with van der Waals surface area (Å²) in [5, 5.41) is 20.4. The molecule has 0 amide bonds. The predicted octanol–water partition coefficient (Wildman–Crippen LogP) is 7.95. The minimum atomic E-state index is -6.19.